The second-order valence-corrected chi connectivity index (χ2v) is 6.68. The average Bonchev–Trinajstić information content (AvgIpc) is 3.03. The molecule has 3 nitrogen and oxygen atoms in total. The van der Waals surface area contributed by atoms with E-state index in [-0.39, 0.29) is 5.82 Å². The standard InChI is InChI=1S/C17H12FNO2S2/c18-12-7-5-11(6-8-12)14-9-23-16(19-14)10-22-15-4-2-1-3-13(15)17(20)21/h1-9H,10H2,(H,20,21). The van der Waals surface area contributed by atoms with E-state index in [4.69, 9.17) is 0 Å². The summed E-state index contributed by atoms with van der Waals surface area (Å²) < 4.78 is 13.0. The van der Waals surface area contributed by atoms with E-state index in [1.54, 1.807) is 30.3 Å². The van der Waals surface area contributed by atoms with Gasteiger partial charge in [0.05, 0.1) is 17.0 Å². The van der Waals surface area contributed by atoms with Crippen LogP contribution in [0.3, 0.4) is 0 Å². The summed E-state index contributed by atoms with van der Waals surface area (Å²) in [6.45, 7) is 0. The van der Waals surface area contributed by atoms with Gasteiger partial charge in [0.25, 0.3) is 0 Å². The first kappa shape index (κ1) is 15.7. The molecule has 0 radical (unpaired) electrons. The fourth-order valence-electron chi connectivity index (χ4n) is 2.04. The van der Waals surface area contributed by atoms with Crippen molar-refractivity contribution in [2.45, 2.75) is 10.6 Å². The summed E-state index contributed by atoms with van der Waals surface area (Å²) in [6.07, 6.45) is 0. The van der Waals surface area contributed by atoms with Crippen LogP contribution in [0.15, 0.2) is 58.8 Å². The normalized spacial score (nSPS) is 10.7. The fourth-order valence-corrected chi connectivity index (χ4v) is 3.90. The average molecular weight is 345 g/mol. The van der Waals surface area contributed by atoms with Crippen molar-refractivity contribution in [1.82, 2.24) is 4.98 Å². The molecule has 0 unspecified atom stereocenters. The second-order valence-electron chi connectivity index (χ2n) is 4.72. The Balaban J connectivity index is 1.73. The van der Waals surface area contributed by atoms with Crippen LogP contribution in [0.2, 0.25) is 0 Å². The van der Waals surface area contributed by atoms with Crippen LogP contribution in [-0.2, 0) is 5.75 Å². The van der Waals surface area contributed by atoms with Gasteiger partial charge in [0.2, 0.25) is 0 Å². The number of hydrogen-bond donors (Lipinski definition) is 1. The van der Waals surface area contributed by atoms with Crippen LogP contribution < -0.4 is 0 Å². The summed E-state index contributed by atoms with van der Waals surface area (Å²) in [7, 11) is 0. The number of carbonyl (C=O) groups is 1. The molecule has 3 rings (SSSR count). The monoisotopic (exact) mass is 345 g/mol. The molecule has 0 atom stereocenters. The smallest absolute Gasteiger partial charge is 0.336 e. The minimum absolute atomic E-state index is 0.273. The van der Waals surface area contributed by atoms with Crippen LogP contribution in [0.5, 0.6) is 0 Å². The Morgan fingerprint density at radius 1 is 1.17 bits per heavy atom. The number of carboxylic acid groups (broad SMARTS) is 1. The zero-order valence-corrected chi connectivity index (χ0v) is 13.5. The molecule has 0 saturated carbocycles. The van der Waals surface area contributed by atoms with Crippen LogP contribution in [0.1, 0.15) is 15.4 Å². The Hall–Kier alpha value is -2.18. The third kappa shape index (κ3) is 3.78. The molecule has 1 N–H and O–H groups in total. The molecule has 0 aliphatic carbocycles. The van der Waals surface area contributed by atoms with Gasteiger partial charge >= 0.3 is 5.97 Å². The maximum atomic E-state index is 13.0. The molecule has 0 saturated heterocycles. The molecule has 0 aliphatic heterocycles. The van der Waals surface area contributed by atoms with Crippen molar-refractivity contribution in [2.75, 3.05) is 0 Å². The SMILES string of the molecule is O=C(O)c1ccccc1SCc1nc(-c2ccc(F)cc2)cs1. The predicted octanol–water partition coefficient (Wildman–Crippen LogP) is 4.94. The van der Waals surface area contributed by atoms with Gasteiger partial charge in [-0.05, 0) is 36.4 Å². The molecule has 116 valence electrons. The number of thiazole rings is 1. The van der Waals surface area contributed by atoms with Crippen LogP contribution in [0.4, 0.5) is 4.39 Å². The van der Waals surface area contributed by atoms with Crippen molar-refractivity contribution in [3.8, 4) is 11.3 Å². The molecule has 6 heteroatoms. The Labute approximate surface area is 140 Å². The molecule has 2 aromatic carbocycles. The van der Waals surface area contributed by atoms with Crippen LogP contribution in [0, 0.1) is 5.82 Å². The highest BCUT2D eigenvalue weighted by atomic mass is 32.2. The summed E-state index contributed by atoms with van der Waals surface area (Å²) in [4.78, 5) is 16.4. The number of benzene rings is 2. The number of thioether (sulfide) groups is 1. The lowest BCUT2D eigenvalue weighted by molar-refractivity contribution is 0.0693. The van der Waals surface area contributed by atoms with Crippen molar-refractivity contribution in [2.24, 2.45) is 0 Å². The second kappa shape index (κ2) is 6.93. The molecule has 23 heavy (non-hydrogen) atoms. The lowest BCUT2D eigenvalue weighted by Crippen LogP contribution is -1.98. The number of nitrogens with zero attached hydrogens (tertiary/aromatic N) is 1. The number of hydrogen-bond acceptors (Lipinski definition) is 4. The Kier molecular flexibility index (Phi) is 4.73. The van der Waals surface area contributed by atoms with Crippen LogP contribution in [-0.4, -0.2) is 16.1 Å². The molecule has 0 bridgehead atoms. The van der Waals surface area contributed by atoms with Gasteiger partial charge in [0.15, 0.2) is 0 Å². The molecule has 0 amide bonds. The maximum absolute atomic E-state index is 13.0. The van der Waals surface area contributed by atoms with Crippen molar-refractivity contribution >= 4 is 29.1 Å². The highest BCUT2D eigenvalue weighted by Gasteiger charge is 2.11. The van der Waals surface area contributed by atoms with E-state index >= 15 is 0 Å². The highest BCUT2D eigenvalue weighted by Crippen LogP contribution is 2.29. The van der Waals surface area contributed by atoms with E-state index in [0.717, 1.165) is 21.2 Å². The van der Waals surface area contributed by atoms with Gasteiger partial charge in [-0.15, -0.1) is 23.1 Å². The van der Waals surface area contributed by atoms with Gasteiger partial charge in [-0.1, -0.05) is 12.1 Å². The zero-order chi connectivity index (χ0) is 16.2. The molecule has 1 aromatic heterocycles. The lowest BCUT2D eigenvalue weighted by Gasteiger charge is -2.03. The number of rotatable bonds is 5. The van der Waals surface area contributed by atoms with Crippen molar-refractivity contribution in [1.29, 1.82) is 0 Å². The van der Waals surface area contributed by atoms with Crippen LogP contribution in [0.25, 0.3) is 11.3 Å². The Morgan fingerprint density at radius 2 is 1.91 bits per heavy atom. The first-order chi connectivity index (χ1) is 11.1. The van der Waals surface area contributed by atoms with E-state index < -0.39 is 5.97 Å². The minimum atomic E-state index is -0.931. The molecular weight excluding hydrogens is 333 g/mol. The van der Waals surface area contributed by atoms with Gasteiger partial charge < -0.3 is 5.11 Å². The molecule has 0 fully saturated rings. The Bertz CT molecular complexity index is 831. The summed E-state index contributed by atoms with van der Waals surface area (Å²) >= 11 is 2.96. The van der Waals surface area contributed by atoms with Crippen molar-refractivity contribution in [3.63, 3.8) is 0 Å². The topological polar surface area (TPSA) is 50.2 Å². The fraction of sp³-hybridized carbons (Fsp3) is 0.0588. The number of halogens is 1. The largest absolute Gasteiger partial charge is 0.478 e. The molecule has 0 aliphatic rings. The molecule has 3 aromatic rings. The third-order valence-electron chi connectivity index (χ3n) is 3.16. The predicted molar refractivity (Wildman–Crippen MR) is 90.5 cm³/mol. The van der Waals surface area contributed by atoms with Crippen molar-refractivity contribution in [3.05, 3.63) is 70.3 Å². The summed E-state index contributed by atoms with van der Waals surface area (Å²) in [5.41, 5.74) is 1.97. The van der Waals surface area contributed by atoms with E-state index in [2.05, 4.69) is 4.98 Å². The molecular formula is C17H12FNO2S2. The number of aromatic carboxylic acids is 1. The summed E-state index contributed by atoms with van der Waals surface area (Å²) in [6, 6.07) is 13.1. The zero-order valence-electron chi connectivity index (χ0n) is 11.9. The van der Waals surface area contributed by atoms with Gasteiger partial charge in [-0.25, -0.2) is 14.2 Å². The highest BCUT2D eigenvalue weighted by molar-refractivity contribution is 7.98. The van der Waals surface area contributed by atoms with E-state index in [1.165, 1.54) is 35.2 Å². The molecule has 1 heterocycles. The minimum Gasteiger partial charge on any atom is -0.478 e. The molecule has 0 spiro atoms. The van der Waals surface area contributed by atoms with E-state index in [9.17, 15) is 14.3 Å². The number of carboxylic acids is 1. The van der Waals surface area contributed by atoms with Crippen LogP contribution >= 0.6 is 23.1 Å². The first-order valence-electron chi connectivity index (χ1n) is 6.79. The van der Waals surface area contributed by atoms with Gasteiger partial charge in [-0.3, -0.25) is 0 Å². The van der Waals surface area contributed by atoms with E-state index in [1.807, 2.05) is 11.4 Å². The van der Waals surface area contributed by atoms with Crippen molar-refractivity contribution < 1.29 is 14.3 Å². The summed E-state index contributed by atoms with van der Waals surface area (Å²) in [5.74, 6) is -0.611. The third-order valence-corrected chi connectivity index (χ3v) is 5.28. The van der Waals surface area contributed by atoms with Gasteiger partial charge in [0, 0.05) is 15.8 Å². The first-order valence-corrected chi connectivity index (χ1v) is 8.65. The van der Waals surface area contributed by atoms with Gasteiger partial charge in [0.1, 0.15) is 10.8 Å². The lowest BCUT2D eigenvalue weighted by atomic mass is 10.2. The number of aromatic nitrogens is 1. The Morgan fingerprint density at radius 3 is 2.65 bits per heavy atom. The maximum Gasteiger partial charge on any atom is 0.336 e. The van der Waals surface area contributed by atoms with E-state index in [0.29, 0.717) is 11.3 Å². The quantitative estimate of drug-likeness (QED) is 0.666. The summed E-state index contributed by atoms with van der Waals surface area (Å²) in [5, 5.41) is 12.0. The van der Waals surface area contributed by atoms with Gasteiger partial charge in [-0.2, -0.15) is 0 Å².